The second-order valence-corrected chi connectivity index (χ2v) is 4.49. The van der Waals surface area contributed by atoms with Crippen LogP contribution in [0.5, 0.6) is 5.88 Å². The van der Waals surface area contributed by atoms with E-state index in [0.29, 0.717) is 23.7 Å². The van der Waals surface area contributed by atoms with Gasteiger partial charge in [-0.15, -0.1) is 0 Å². The third-order valence-corrected chi connectivity index (χ3v) is 3.29. The Bertz CT molecular complexity index is 496. The first-order valence-corrected chi connectivity index (χ1v) is 6.07. The number of hydrogen-bond donors (Lipinski definition) is 0. The smallest absolute Gasteiger partial charge is 0.309 e. The van der Waals surface area contributed by atoms with Gasteiger partial charge in [-0.05, 0) is 6.42 Å². The minimum atomic E-state index is -0.449. The molecule has 0 aliphatic carbocycles. The van der Waals surface area contributed by atoms with E-state index in [4.69, 9.17) is 4.74 Å². The molecule has 0 atom stereocenters. The fourth-order valence-corrected chi connectivity index (χ4v) is 2.55. The first-order valence-electron chi connectivity index (χ1n) is 5.08. The number of thioether (sulfide) groups is 1. The Hall–Kier alpha value is -1.30. The summed E-state index contributed by atoms with van der Waals surface area (Å²) in [7, 11) is 0. The van der Waals surface area contributed by atoms with E-state index in [0.717, 1.165) is 5.75 Å². The summed E-state index contributed by atoms with van der Waals surface area (Å²) in [4.78, 5) is 27.1. The molecule has 0 saturated carbocycles. The van der Waals surface area contributed by atoms with Crippen LogP contribution < -0.4 is 10.3 Å². The Morgan fingerprint density at radius 1 is 1.62 bits per heavy atom. The van der Waals surface area contributed by atoms with Gasteiger partial charge in [0.2, 0.25) is 5.88 Å². The molecular formula is C10H12N2O3S. The molecule has 1 aliphatic rings. The van der Waals surface area contributed by atoms with Gasteiger partial charge in [-0.2, -0.15) is 4.98 Å². The summed E-state index contributed by atoms with van der Waals surface area (Å²) >= 11 is 1.50. The van der Waals surface area contributed by atoms with Crippen molar-refractivity contribution in [1.29, 1.82) is 0 Å². The Morgan fingerprint density at radius 3 is 3.00 bits per heavy atom. The number of esters is 1. The molecule has 0 amide bonds. The molecule has 5 nitrogen and oxygen atoms in total. The van der Waals surface area contributed by atoms with Crippen molar-refractivity contribution in [3.63, 3.8) is 0 Å². The molecule has 2 rings (SSSR count). The minimum absolute atomic E-state index is 0.0891. The zero-order valence-electron chi connectivity index (χ0n) is 9.15. The first kappa shape index (κ1) is 11.2. The van der Waals surface area contributed by atoms with Crippen LogP contribution in [0.2, 0.25) is 0 Å². The van der Waals surface area contributed by atoms with Gasteiger partial charge in [0, 0.05) is 19.2 Å². The molecular weight excluding hydrogens is 228 g/mol. The lowest BCUT2D eigenvalue weighted by molar-refractivity contribution is -0.132. The number of aromatic nitrogens is 2. The predicted molar refractivity (Wildman–Crippen MR) is 59.9 cm³/mol. The van der Waals surface area contributed by atoms with Crippen LogP contribution in [0.3, 0.4) is 0 Å². The number of carbonyl (C=O) groups is 1. The number of ether oxygens (including phenoxy) is 1. The van der Waals surface area contributed by atoms with E-state index in [1.807, 2.05) is 6.92 Å². The Morgan fingerprint density at radius 2 is 2.38 bits per heavy atom. The van der Waals surface area contributed by atoms with Crippen LogP contribution in [0.15, 0.2) is 9.95 Å². The van der Waals surface area contributed by atoms with E-state index >= 15 is 0 Å². The van der Waals surface area contributed by atoms with Gasteiger partial charge in [0.15, 0.2) is 5.16 Å². The van der Waals surface area contributed by atoms with Gasteiger partial charge in [-0.25, -0.2) is 0 Å². The van der Waals surface area contributed by atoms with Crippen molar-refractivity contribution in [1.82, 2.24) is 9.55 Å². The molecule has 0 spiro atoms. The van der Waals surface area contributed by atoms with Crippen LogP contribution in [-0.2, 0) is 17.8 Å². The Labute approximate surface area is 96.8 Å². The molecule has 6 heteroatoms. The maximum Gasteiger partial charge on any atom is 0.309 e. The number of nitrogens with zero attached hydrogens (tertiary/aromatic N) is 2. The molecule has 1 aliphatic heterocycles. The summed E-state index contributed by atoms with van der Waals surface area (Å²) < 4.78 is 6.60. The summed E-state index contributed by atoms with van der Waals surface area (Å²) in [5, 5.41) is 0.637. The van der Waals surface area contributed by atoms with Crippen LogP contribution in [0.25, 0.3) is 0 Å². The number of fused-ring (bicyclic) bond motifs is 1. The van der Waals surface area contributed by atoms with Crippen LogP contribution in [-0.4, -0.2) is 21.3 Å². The fraction of sp³-hybridized carbons (Fsp3) is 0.500. The highest BCUT2D eigenvalue weighted by Gasteiger charge is 2.21. The average molecular weight is 240 g/mol. The second-order valence-electron chi connectivity index (χ2n) is 3.43. The van der Waals surface area contributed by atoms with E-state index < -0.39 is 5.97 Å². The number of hydrogen-bond acceptors (Lipinski definition) is 5. The molecule has 0 saturated heterocycles. The van der Waals surface area contributed by atoms with Crippen molar-refractivity contribution in [2.75, 3.05) is 5.75 Å². The maximum absolute atomic E-state index is 12.0. The van der Waals surface area contributed by atoms with E-state index in [9.17, 15) is 9.59 Å². The normalized spacial score (nSPS) is 13.6. The van der Waals surface area contributed by atoms with Gasteiger partial charge in [0.05, 0.1) is 5.56 Å². The first-order chi connectivity index (χ1) is 7.63. The third kappa shape index (κ3) is 1.84. The number of rotatable bonds is 2. The Balaban J connectivity index is 2.56. The molecule has 86 valence electrons. The molecule has 0 unspecified atom stereocenters. The Kier molecular flexibility index (Phi) is 3.00. The summed E-state index contributed by atoms with van der Waals surface area (Å²) in [5.41, 5.74) is 0.384. The predicted octanol–water partition coefficient (Wildman–Crippen LogP) is 0.837. The third-order valence-electron chi connectivity index (χ3n) is 2.33. The number of carbonyl (C=O) groups excluding carboxylic acids is 1. The van der Waals surface area contributed by atoms with Crippen molar-refractivity contribution < 1.29 is 9.53 Å². The lowest BCUT2D eigenvalue weighted by Crippen LogP contribution is -2.25. The summed E-state index contributed by atoms with van der Waals surface area (Å²) in [6.07, 6.45) is 0.513. The van der Waals surface area contributed by atoms with Gasteiger partial charge < -0.3 is 4.74 Å². The monoisotopic (exact) mass is 240 g/mol. The fourth-order valence-electron chi connectivity index (χ4n) is 1.61. The highest BCUT2D eigenvalue weighted by Crippen LogP contribution is 2.25. The van der Waals surface area contributed by atoms with Crippen molar-refractivity contribution in [2.24, 2.45) is 0 Å². The van der Waals surface area contributed by atoms with Gasteiger partial charge in [-0.3, -0.25) is 14.2 Å². The lowest BCUT2D eigenvalue weighted by Gasteiger charge is -2.08. The van der Waals surface area contributed by atoms with E-state index in [1.54, 1.807) is 4.57 Å². The summed E-state index contributed by atoms with van der Waals surface area (Å²) in [5.74, 6) is 0.560. The molecule has 0 bridgehead atoms. The molecule has 2 heterocycles. The quantitative estimate of drug-likeness (QED) is 0.566. The van der Waals surface area contributed by atoms with E-state index in [-0.39, 0.29) is 11.4 Å². The van der Waals surface area contributed by atoms with Crippen molar-refractivity contribution in [3.8, 4) is 5.88 Å². The molecule has 16 heavy (non-hydrogen) atoms. The molecule has 1 aromatic heterocycles. The molecule has 0 N–H and O–H groups in total. The van der Waals surface area contributed by atoms with Crippen molar-refractivity contribution in [3.05, 3.63) is 15.9 Å². The lowest BCUT2D eigenvalue weighted by atomic mass is 10.2. The minimum Gasteiger partial charge on any atom is -0.407 e. The zero-order valence-corrected chi connectivity index (χ0v) is 9.97. The van der Waals surface area contributed by atoms with Crippen LogP contribution in [0, 0.1) is 0 Å². The van der Waals surface area contributed by atoms with Gasteiger partial charge in [0.1, 0.15) is 0 Å². The molecule has 0 radical (unpaired) electrons. The standard InChI is InChI=1S/C10H12N2O3S/c1-3-7-8(15-6(2)13)11-10-12(9(7)14)4-5-16-10/h3-5H2,1-2H3. The average Bonchev–Trinajstić information content (AvgIpc) is 2.65. The zero-order chi connectivity index (χ0) is 11.7. The van der Waals surface area contributed by atoms with Crippen molar-refractivity contribution in [2.45, 2.75) is 32.0 Å². The molecule has 0 fully saturated rings. The van der Waals surface area contributed by atoms with Gasteiger partial charge in [0.25, 0.3) is 5.56 Å². The SMILES string of the molecule is CCc1c(OC(C)=O)nc2n(c1=O)CCS2. The van der Waals surface area contributed by atoms with E-state index in [2.05, 4.69) is 4.98 Å². The second kappa shape index (κ2) is 4.29. The van der Waals surface area contributed by atoms with Gasteiger partial charge in [-0.1, -0.05) is 18.7 Å². The summed E-state index contributed by atoms with van der Waals surface area (Å²) in [6, 6.07) is 0. The maximum atomic E-state index is 12.0. The highest BCUT2D eigenvalue weighted by atomic mass is 32.2. The summed E-state index contributed by atoms with van der Waals surface area (Å²) in [6.45, 7) is 3.83. The van der Waals surface area contributed by atoms with Crippen LogP contribution in [0.1, 0.15) is 19.4 Å². The topological polar surface area (TPSA) is 61.2 Å². The molecule has 1 aromatic rings. The van der Waals surface area contributed by atoms with Crippen molar-refractivity contribution >= 4 is 17.7 Å². The molecule has 0 aromatic carbocycles. The van der Waals surface area contributed by atoms with Crippen LogP contribution in [0.4, 0.5) is 0 Å². The van der Waals surface area contributed by atoms with Crippen LogP contribution >= 0.6 is 11.8 Å². The van der Waals surface area contributed by atoms with E-state index in [1.165, 1.54) is 18.7 Å². The highest BCUT2D eigenvalue weighted by molar-refractivity contribution is 7.99. The largest absolute Gasteiger partial charge is 0.407 e. The van der Waals surface area contributed by atoms with Gasteiger partial charge >= 0.3 is 5.97 Å².